The van der Waals surface area contributed by atoms with Crippen LogP contribution in [0.4, 0.5) is 4.39 Å². The predicted molar refractivity (Wildman–Crippen MR) is 102 cm³/mol. The van der Waals surface area contributed by atoms with Gasteiger partial charge in [-0.15, -0.1) is 10.2 Å². The fourth-order valence-electron chi connectivity index (χ4n) is 2.94. The number of halogens is 1. The van der Waals surface area contributed by atoms with E-state index in [2.05, 4.69) is 22.3 Å². The molecule has 3 aromatic rings. The molecule has 0 amide bonds. The third-order valence-electron chi connectivity index (χ3n) is 4.36. The van der Waals surface area contributed by atoms with Crippen molar-refractivity contribution in [2.24, 2.45) is 0 Å². The summed E-state index contributed by atoms with van der Waals surface area (Å²) in [5, 5.41) is 9.58. The molecule has 0 aliphatic carbocycles. The van der Waals surface area contributed by atoms with Crippen LogP contribution in [0.3, 0.4) is 0 Å². The number of thioether (sulfide) groups is 1. The molecule has 1 atom stereocenters. The van der Waals surface area contributed by atoms with Crippen molar-refractivity contribution in [1.82, 2.24) is 14.8 Å². The lowest BCUT2D eigenvalue weighted by atomic mass is 10.1. The first-order valence-electron chi connectivity index (χ1n) is 8.86. The first-order chi connectivity index (χ1) is 13.3. The van der Waals surface area contributed by atoms with E-state index in [-0.39, 0.29) is 11.9 Å². The summed E-state index contributed by atoms with van der Waals surface area (Å²) in [6.07, 6.45) is 1.66. The highest BCUT2D eigenvalue weighted by Crippen LogP contribution is 2.26. The second kappa shape index (κ2) is 8.65. The largest absolute Gasteiger partial charge is 0.355 e. The van der Waals surface area contributed by atoms with E-state index >= 15 is 0 Å². The van der Waals surface area contributed by atoms with Gasteiger partial charge in [0.1, 0.15) is 18.4 Å². The zero-order valence-corrected chi connectivity index (χ0v) is 15.6. The van der Waals surface area contributed by atoms with Gasteiger partial charge in [0.05, 0.1) is 12.7 Å². The number of nitrogens with zero attached hydrogens (tertiary/aromatic N) is 3. The number of rotatable bonds is 6. The molecule has 7 heteroatoms. The Morgan fingerprint density at radius 1 is 1.07 bits per heavy atom. The van der Waals surface area contributed by atoms with Crippen molar-refractivity contribution >= 4 is 11.8 Å². The van der Waals surface area contributed by atoms with Crippen LogP contribution in [0.2, 0.25) is 0 Å². The van der Waals surface area contributed by atoms with Crippen LogP contribution in [-0.4, -0.2) is 40.0 Å². The minimum atomic E-state index is -0.263. The molecule has 2 heterocycles. The molecule has 27 heavy (non-hydrogen) atoms. The Morgan fingerprint density at radius 3 is 2.63 bits per heavy atom. The lowest BCUT2D eigenvalue weighted by Crippen LogP contribution is -2.25. The Kier molecular flexibility index (Phi) is 5.81. The average molecular weight is 385 g/mol. The van der Waals surface area contributed by atoms with Crippen LogP contribution < -0.4 is 0 Å². The number of benzene rings is 2. The molecule has 1 aliphatic heterocycles. The molecule has 1 fully saturated rings. The molecule has 140 valence electrons. The van der Waals surface area contributed by atoms with Gasteiger partial charge in [0.25, 0.3) is 0 Å². The summed E-state index contributed by atoms with van der Waals surface area (Å²) < 4.78 is 26.2. The van der Waals surface area contributed by atoms with E-state index in [4.69, 9.17) is 9.47 Å². The molecule has 2 aromatic carbocycles. The molecule has 1 aliphatic rings. The van der Waals surface area contributed by atoms with E-state index in [1.165, 1.54) is 12.1 Å². The molecule has 5 nitrogen and oxygen atoms in total. The van der Waals surface area contributed by atoms with Gasteiger partial charge in [-0.2, -0.15) is 0 Å². The molecule has 4 rings (SSSR count). The molecule has 0 bridgehead atoms. The lowest BCUT2D eigenvalue weighted by molar-refractivity contribution is -0.130. The summed E-state index contributed by atoms with van der Waals surface area (Å²) in [5.41, 5.74) is 2.00. The third-order valence-corrected chi connectivity index (χ3v) is 5.42. The van der Waals surface area contributed by atoms with Gasteiger partial charge in [-0.05, 0) is 36.2 Å². The Bertz CT molecular complexity index is 865. The molecule has 0 saturated carbocycles. The Labute approximate surface area is 161 Å². The summed E-state index contributed by atoms with van der Waals surface area (Å²) in [4.78, 5) is 0. The monoisotopic (exact) mass is 385 g/mol. The SMILES string of the molecule is Fc1ccc(-n2c(Cc3ccccc3)nnc2SC[C@H]2CCOCO2)cc1. The molecular formula is C20H20FN3O2S. The molecule has 0 radical (unpaired) electrons. The number of hydrogen-bond acceptors (Lipinski definition) is 5. The Morgan fingerprint density at radius 2 is 1.89 bits per heavy atom. The van der Waals surface area contributed by atoms with Crippen LogP contribution >= 0.6 is 11.8 Å². The summed E-state index contributed by atoms with van der Waals surface area (Å²) in [5.74, 6) is 1.33. The standard InChI is InChI=1S/C20H20FN3O2S/c21-16-6-8-17(9-7-16)24-19(12-15-4-2-1-3-5-15)22-23-20(24)27-13-18-10-11-25-14-26-18/h1-9,18H,10-14H2/t18-/m1/s1. The summed E-state index contributed by atoms with van der Waals surface area (Å²) in [7, 11) is 0. The molecule has 0 N–H and O–H groups in total. The highest BCUT2D eigenvalue weighted by Gasteiger charge is 2.19. The van der Waals surface area contributed by atoms with Gasteiger partial charge >= 0.3 is 0 Å². The van der Waals surface area contributed by atoms with E-state index in [1.807, 2.05) is 22.8 Å². The lowest BCUT2D eigenvalue weighted by Gasteiger charge is -2.22. The van der Waals surface area contributed by atoms with Crippen molar-refractivity contribution in [3.63, 3.8) is 0 Å². The smallest absolute Gasteiger partial charge is 0.195 e. The maximum absolute atomic E-state index is 13.4. The van der Waals surface area contributed by atoms with Gasteiger partial charge in [-0.1, -0.05) is 42.1 Å². The average Bonchev–Trinajstić information content (AvgIpc) is 3.11. The van der Waals surface area contributed by atoms with Crippen LogP contribution in [0.25, 0.3) is 5.69 Å². The zero-order chi connectivity index (χ0) is 18.5. The van der Waals surface area contributed by atoms with Gasteiger partial charge in [0.2, 0.25) is 0 Å². The van der Waals surface area contributed by atoms with Crippen LogP contribution in [-0.2, 0) is 15.9 Å². The highest BCUT2D eigenvalue weighted by atomic mass is 32.2. The quantitative estimate of drug-likeness (QED) is 0.603. The highest BCUT2D eigenvalue weighted by molar-refractivity contribution is 7.99. The topological polar surface area (TPSA) is 49.2 Å². The zero-order valence-electron chi connectivity index (χ0n) is 14.8. The van der Waals surface area contributed by atoms with Crippen LogP contribution in [0.1, 0.15) is 17.8 Å². The van der Waals surface area contributed by atoms with Gasteiger partial charge in [0.15, 0.2) is 5.16 Å². The molecular weight excluding hydrogens is 365 g/mol. The van der Waals surface area contributed by atoms with Crippen molar-refractivity contribution in [2.45, 2.75) is 24.1 Å². The van der Waals surface area contributed by atoms with Gasteiger partial charge in [-0.25, -0.2) is 4.39 Å². The van der Waals surface area contributed by atoms with E-state index in [9.17, 15) is 4.39 Å². The molecule has 1 aromatic heterocycles. The van der Waals surface area contributed by atoms with E-state index in [1.54, 1.807) is 23.9 Å². The van der Waals surface area contributed by atoms with Gasteiger partial charge in [-0.3, -0.25) is 4.57 Å². The van der Waals surface area contributed by atoms with Crippen molar-refractivity contribution in [3.8, 4) is 5.69 Å². The van der Waals surface area contributed by atoms with E-state index < -0.39 is 0 Å². The van der Waals surface area contributed by atoms with E-state index in [0.29, 0.717) is 13.2 Å². The molecule has 1 saturated heterocycles. The minimum Gasteiger partial charge on any atom is -0.355 e. The van der Waals surface area contributed by atoms with Crippen molar-refractivity contribution in [2.75, 3.05) is 19.2 Å². The van der Waals surface area contributed by atoms with Crippen LogP contribution in [0, 0.1) is 5.82 Å². The van der Waals surface area contributed by atoms with Crippen molar-refractivity contribution < 1.29 is 13.9 Å². The Balaban J connectivity index is 1.60. The maximum Gasteiger partial charge on any atom is 0.195 e. The summed E-state index contributed by atoms with van der Waals surface area (Å²) >= 11 is 1.60. The van der Waals surface area contributed by atoms with Crippen molar-refractivity contribution in [1.29, 1.82) is 0 Å². The first kappa shape index (κ1) is 18.2. The third kappa shape index (κ3) is 4.55. The van der Waals surface area contributed by atoms with Crippen LogP contribution in [0.5, 0.6) is 0 Å². The summed E-state index contributed by atoms with van der Waals surface area (Å²) in [6.45, 7) is 1.06. The normalized spacial score (nSPS) is 17.1. The van der Waals surface area contributed by atoms with Crippen molar-refractivity contribution in [3.05, 3.63) is 71.8 Å². The predicted octanol–water partition coefficient (Wildman–Crippen LogP) is 3.85. The first-order valence-corrected chi connectivity index (χ1v) is 9.84. The van der Waals surface area contributed by atoms with Gasteiger partial charge < -0.3 is 9.47 Å². The fraction of sp³-hybridized carbons (Fsp3) is 0.300. The van der Waals surface area contributed by atoms with Crippen LogP contribution in [0.15, 0.2) is 59.8 Å². The maximum atomic E-state index is 13.4. The van der Waals surface area contributed by atoms with Gasteiger partial charge in [0, 0.05) is 17.9 Å². The fourth-order valence-corrected chi connectivity index (χ4v) is 3.97. The number of hydrogen-bond donors (Lipinski definition) is 0. The minimum absolute atomic E-state index is 0.139. The molecule has 0 unspecified atom stereocenters. The number of aromatic nitrogens is 3. The second-order valence-corrected chi connectivity index (χ2v) is 7.27. The second-order valence-electron chi connectivity index (χ2n) is 6.29. The summed E-state index contributed by atoms with van der Waals surface area (Å²) in [6, 6.07) is 16.5. The molecule has 0 spiro atoms. The van der Waals surface area contributed by atoms with E-state index in [0.717, 1.165) is 41.0 Å². The Hall–Kier alpha value is -2.22. The number of ether oxygens (including phenoxy) is 2.